The molecule has 0 aliphatic heterocycles. The highest BCUT2D eigenvalue weighted by Gasteiger charge is 2.20. The third-order valence-electron chi connectivity index (χ3n) is 2.51. The van der Waals surface area contributed by atoms with Gasteiger partial charge in [0.05, 0.1) is 22.6 Å². The lowest BCUT2D eigenvalue weighted by atomic mass is 10.1. The molecule has 0 saturated carbocycles. The van der Waals surface area contributed by atoms with E-state index in [1.165, 1.54) is 32.9 Å². The first-order chi connectivity index (χ1) is 9.72. The van der Waals surface area contributed by atoms with Gasteiger partial charge in [0.25, 0.3) is 0 Å². The van der Waals surface area contributed by atoms with Crippen LogP contribution >= 0.6 is 0 Å². The SMILES string of the molecule is CC(O)Nc1ccc(C(=O)O)c(NC(C)O)c1NC(C)O. The lowest BCUT2D eigenvalue weighted by Crippen LogP contribution is -2.23. The Morgan fingerprint density at radius 3 is 1.81 bits per heavy atom. The van der Waals surface area contributed by atoms with Gasteiger partial charge in [-0.15, -0.1) is 0 Å². The van der Waals surface area contributed by atoms with Crippen LogP contribution in [0.3, 0.4) is 0 Å². The van der Waals surface area contributed by atoms with E-state index in [0.717, 1.165) is 0 Å². The zero-order valence-corrected chi connectivity index (χ0v) is 12.1. The summed E-state index contributed by atoms with van der Waals surface area (Å²) >= 11 is 0. The van der Waals surface area contributed by atoms with Gasteiger partial charge < -0.3 is 36.4 Å². The lowest BCUT2D eigenvalue weighted by molar-refractivity contribution is 0.0697. The molecule has 0 bridgehead atoms. The molecule has 7 N–H and O–H groups in total. The minimum Gasteiger partial charge on any atom is -0.478 e. The molecular formula is C13H21N3O5. The smallest absolute Gasteiger partial charge is 0.337 e. The van der Waals surface area contributed by atoms with Crippen LogP contribution < -0.4 is 16.0 Å². The summed E-state index contributed by atoms with van der Waals surface area (Å²) in [4.78, 5) is 11.3. The number of carbonyl (C=O) groups is 1. The van der Waals surface area contributed by atoms with Gasteiger partial charge in [0, 0.05) is 0 Å². The molecule has 3 unspecified atom stereocenters. The summed E-state index contributed by atoms with van der Waals surface area (Å²) in [6.07, 6.45) is -2.84. The molecule has 0 aliphatic rings. The molecule has 3 atom stereocenters. The fourth-order valence-corrected chi connectivity index (χ4v) is 1.84. The molecule has 0 amide bonds. The van der Waals surface area contributed by atoms with E-state index in [9.17, 15) is 25.2 Å². The Labute approximate surface area is 122 Å². The Hall–Kier alpha value is -2.03. The summed E-state index contributed by atoms with van der Waals surface area (Å²) in [5.41, 5.74) is 0.671. The van der Waals surface area contributed by atoms with Gasteiger partial charge in [-0.05, 0) is 32.9 Å². The Bertz CT molecular complexity index is 503. The van der Waals surface area contributed by atoms with E-state index in [0.29, 0.717) is 5.69 Å². The molecule has 8 nitrogen and oxygen atoms in total. The van der Waals surface area contributed by atoms with Crippen LogP contribution in [0.4, 0.5) is 17.1 Å². The molecule has 0 fully saturated rings. The predicted octanol–water partition coefficient (Wildman–Crippen LogP) is 0.635. The summed E-state index contributed by atoms with van der Waals surface area (Å²) in [5.74, 6) is -1.18. The van der Waals surface area contributed by atoms with Crippen LogP contribution in [0.2, 0.25) is 0 Å². The van der Waals surface area contributed by atoms with Crippen molar-refractivity contribution in [3.05, 3.63) is 17.7 Å². The van der Waals surface area contributed by atoms with Crippen molar-refractivity contribution in [3.8, 4) is 0 Å². The highest BCUT2D eigenvalue weighted by Crippen LogP contribution is 2.35. The molecule has 8 heteroatoms. The van der Waals surface area contributed by atoms with E-state index in [-0.39, 0.29) is 16.9 Å². The van der Waals surface area contributed by atoms with Crippen LogP contribution in [-0.2, 0) is 0 Å². The Balaban J connectivity index is 3.43. The van der Waals surface area contributed by atoms with Gasteiger partial charge in [-0.25, -0.2) is 4.79 Å². The number of carboxylic acid groups (broad SMARTS) is 1. The second-order valence-corrected chi connectivity index (χ2v) is 4.68. The minimum absolute atomic E-state index is 0.0739. The number of aliphatic hydroxyl groups excluding tert-OH is 3. The number of benzene rings is 1. The van der Waals surface area contributed by atoms with Gasteiger partial charge in [0.2, 0.25) is 0 Å². The van der Waals surface area contributed by atoms with E-state index in [4.69, 9.17) is 0 Å². The number of rotatable bonds is 7. The van der Waals surface area contributed by atoms with Crippen molar-refractivity contribution in [1.82, 2.24) is 0 Å². The first-order valence-corrected chi connectivity index (χ1v) is 6.46. The maximum Gasteiger partial charge on any atom is 0.337 e. The Morgan fingerprint density at radius 1 is 0.905 bits per heavy atom. The lowest BCUT2D eigenvalue weighted by Gasteiger charge is -2.23. The van der Waals surface area contributed by atoms with Crippen molar-refractivity contribution >= 4 is 23.0 Å². The fourth-order valence-electron chi connectivity index (χ4n) is 1.84. The van der Waals surface area contributed by atoms with E-state index in [2.05, 4.69) is 16.0 Å². The van der Waals surface area contributed by atoms with Gasteiger partial charge in [0.15, 0.2) is 0 Å². The quantitative estimate of drug-likeness (QED) is 0.365. The highest BCUT2D eigenvalue weighted by atomic mass is 16.4. The van der Waals surface area contributed by atoms with Gasteiger partial charge in [-0.2, -0.15) is 0 Å². The number of nitrogens with one attached hydrogen (secondary N) is 3. The molecule has 1 rings (SSSR count). The van der Waals surface area contributed by atoms with E-state index < -0.39 is 24.7 Å². The molecule has 0 aliphatic carbocycles. The zero-order chi connectivity index (χ0) is 16.2. The van der Waals surface area contributed by atoms with Gasteiger partial charge >= 0.3 is 5.97 Å². The van der Waals surface area contributed by atoms with E-state index in [1.807, 2.05) is 0 Å². The second-order valence-electron chi connectivity index (χ2n) is 4.68. The molecule has 1 aromatic carbocycles. The van der Waals surface area contributed by atoms with Crippen LogP contribution in [0.5, 0.6) is 0 Å². The van der Waals surface area contributed by atoms with E-state index in [1.54, 1.807) is 0 Å². The predicted molar refractivity (Wildman–Crippen MR) is 79.3 cm³/mol. The molecule has 0 heterocycles. The molecule has 1 aromatic rings. The van der Waals surface area contributed by atoms with Crippen LogP contribution in [0, 0.1) is 0 Å². The Morgan fingerprint density at radius 2 is 1.38 bits per heavy atom. The number of aromatic carboxylic acids is 1. The van der Waals surface area contributed by atoms with E-state index >= 15 is 0 Å². The molecule has 0 aromatic heterocycles. The average Bonchev–Trinajstić information content (AvgIpc) is 2.31. The van der Waals surface area contributed by atoms with Gasteiger partial charge in [-0.1, -0.05) is 0 Å². The first kappa shape index (κ1) is 17.0. The fraction of sp³-hybridized carbons (Fsp3) is 0.462. The molecule has 0 radical (unpaired) electrons. The van der Waals surface area contributed by atoms with Crippen molar-refractivity contribution in [1.29, 1.82) is 0 Å². The summed E-state index contributed by atoms with van der Waals surface area (Å²) in [5, 5.41) is 45.7. The largest absolute Gasteiger partial charge is 0.478 e. The average molecular weight is 299 g/mol. The maximum atomic E-state index is 11.3. The molecule has 21 heavy (non-hydrogen) atoms. The van der Waals surface area contributed by atoms with Crippen LogP contribution in [0.15, 0.2) is 12.1 Å². The van der Waals surface area contributed by atoms with Crippen molar-refractivity contribution < 1.29 is 25.2 Å². The molecule has 0 spiro atoms. The number of carboxylic acids is 1. The van der Waals surface area contributed by atoms with Gasteiger partial charge in [0.1, 0.15) is 18.7 Å². The van der Waals surface area contributed by atoms with Crippen molar-refractivity contribution in [3.63, 3.8) is 0 Å². The van der Waals surface area contributed by atoms with Crippen LogP contribution in [-0.4, -0.2) is 45.1 Å². The number of anilines is 3. The summed E-state index contributed by atoms with van der Waals surface area (Å²) < 4.78 is 0. The van der Waals surface area contributed by atoms with Gasteiger partial charge in [-0.3, -0.25) is 0 Å². The first-order valence-electron chi connectivity index (χ1n) is 6.46. The second kappa shape index (κ2) is 7.11. The summed E-state index contributed by atoms with van der Waals surface area (Å²) in [6, 6.07) is 2.80. The summed E-state index contributed by atoms with van der Waals surface area (Å²) in [6.45, 7) is 4.40. The third kappa shape index (κ3) is 4.78. The molecule has 0 saturated heterocycles. The monoisotopic (exact) mass is 299 g/mol. The van der Waals surface area contributed by atoms with Crippen molar-refractivity contribution in [2.45, 2.75) is 39.5 Å². The summed E-state index contributed by atoms with van der Waals surface area (Å²) in [7, 11) is 0. The van der Waals surface area contributed by atoms with Crippen LogP contribution in [0.25, 0.3) is 0 Å². The zero-order valence-electron chi connectivity index (χ0n) is 12.1. The molecule has 118 valence electrons. The topological polar surface area (TPSA) is 134 Å². The Kier molecular flexibility index (Phi) is 5.77. The number of hydrogen-bond acceptors (Lipinski definition) is 7. The number of hydrogen-bond donors (Lipinski definition) is 7. The third-order valence-corrected chi connectivity index (χ3v) is 2.51. The highest BCUT2D eigenvalue weighted by molar-refractivity contribution is 6.01. The maximum absolute atomic E-state index is 11.3. The molecular weight excluding hydrogens is 278 g/mol. The normalized spacial score (nSPS) is 15.0. The number of aliphatic hydroxyl groups is 3. The minimum atomic E-state index is -1.18. The van der Waals surface area contributed by atoms with Crippen molar-refractivity contribution in [2.24, 2.45) is 0 Å². The van der Waals surface area contributed by atoms with Crippen LogP contribution in [0.1, 0.15) is 31.1 Å². The standard InChI is InChI=1S/C13H21N3O5/c1-6(17)14-10-5-4-9(13(20)21)11(15-7(2)18)12(10)16-8(3)19/h4-8,14-19H,1-3H3,(H,20,21). The van der Waals surface area contributed by atoms with Crippen molar-refractivity contribution in [2.75, 3.05) is 16.0 Å².